The number of hydrogen-bond acceptors (Lipinski definition) is 7. The molecule has 0 aliphatic heterocycles. The summed E-state index contributed by atoms with van der Waals surface area (Å²) in [7, 11) is 1.20. The third kappa shape index (κ3) is 3.27. The van der Waals surface area contributed by atoms with Crippen LogP contribution in [0, 0.1) is 12.7 Å². The van der Waals surface area contributed by atoms with Crippen LogP contribution in [0.4, 0.5) is 4.39 Å². The van der Waals surface area contributed by atoms with Crippen LogP contribution in [0.5, 0.6) is 0 Å². The van der Waals surface area contributed by atoms with Crippen LogP contribution in [-0.2, 0) is 11.3 Å². The number of ether oxygens (including phenoxy) is 1. The second-order valence-electron chi connectivity index (χ2n) is 5.18. The van der Waals surface area contributed by atoms with Gasteiger partial charge >= 0.3 is 5.97 Å². The third-order valence-electron chi connectivity index (χ3n) is 3.48. The molecule has 0 fully saturated rings. The monoisotopic (exact) mass is 344 g/mol. The van der Waals surface area contributed by atoms with Gasteiger partial charge in [0.05, 0.1) is 7.11 Å². The van der Waals surface area contributed by atoms with E-state index in [4.69, 9.17) is 0 Å². The molecule has 0 aliphatic carbocycles. The Bertz CT molecular complexity index is 971. The highest BCUT2D eigenvalue weighted by Crippen LogP contribution is 2.10. The van der Waals surface area contributed by atoms with Crippen molar-refractivity contribution < 1.29 is 18.7 Å². The molecule has 25 heavy (non-hydrogen) atoms. The molecular formula is C15H13FN6O3. The minimum absolute atomic E-state index is 0.00863. The first-order chi connectivity index (χ1) is 12.0. The number of esters is 1. The van der Waals surface area contributed by atoms with E-state index in [1.165, 1.54) is 19.2 Å². The van der Waals surface area contributed by atoms with E-state index in [0.29, 0.717) is 5.56 Å². The second kappa shape index (κ2) is 6.59. The van der Waals surface area contributed by atoms with Gasteiger partial charge in [-0.05, 0) is 34.5 Å². The van der Waals surface area contributed by atoms with Crippen LogP contribution >= 0.6 is 0 Å². The van der Waals surface area contributed by atoms with Crippen molar-refractivity contribution in [2.75, 3.05) is 7.11 Å². The van der Waals surface area contributed by atoms with Crippen molar-refractivity contribution in [3.8, 4) is 0 Å². The van der Waals surface area contributed by atoms with Gasteiger partial charge in [-0.1, -0.05) is 17.2 Å². The number of carbonyl (C=O) groups is 2. The van der Waals surface area contributed by atoms with E-state index >= 15 is 0 Å². The van der Waals surface area contributed by atoms with Gasteiger partial charge in [0.25, 0.3) is 11.7 Å². The normalized spacial score (nSPS) is 10.7. The van der Waals surface area contributed by atoms with Gasteiger partial charge in [-0.3, -0.25) is 4.79 Å². The molecule has 0 spiro atoms. The van der Waals surface area contributed by atoms with Crippen molar-refractivity contribution in [1.29, 1.82) is 0 Å². The number of amides is 1. The van der Waals surface area contributed by atoms with E-state index in [2.05, 4.69) is 30.6 Å². The molecule has 2 heterocycles. The lowest BCUT2D eigenvalue weighted by atomic mass is 10.1. The fourth-order valence-electron chi connectivity index (χ4n) is 2.19. The quantitative estimate of drug-likeness (QED) is 0.693. The first-order valence-electron chi connectivity index (χ1n) is 7.20. The SMILES string of the molecule is COC(=O)c1cc(C(=O)NCc2ccc(F)c(C)c2)nc2nnnn12. The molecule has 10 heteroatoms. The summed E-state index contributed by atoms with van der Waals surface area (Å²) in [4.78, 5) is 28.1. The van der Waals surface area contributed by atoms with Crippen molar-refractivity contribution in [2.45, 2.75) is 13.5 Å². The molecule has 0 aliphatic rings. The van der Waals surface area contributed by atoms with Gasteiger partial charge in [0.1, 0.15) is 11.5 Å². The molecule has 128 valence electrons. The number of fused-ring (bicyclic) bond motifs is 1. The van der Waals surface area contributed by atoms with Gasteiger partial charge in [0.15, 0.2) is 5.69 Å². The Morgan fingerprint density at radius 2 is 2.12 bits per heavy atom. The topological polar surface area (TPSA) is 111 Å². The van der Waals surface area contributed by atoms with Crippen molar-refractivity contribution >= 4 is 17.7 Å². The summed E-state index contributed by atoms with van der Waals surface area (Å²) < 4.78 is 19.0. The Hall–Kier alpha value is -3.43. The maximum atomic E-state index is 13.3. The lowest BCUT2D eigenvalue weighted by Crippen LogP contribution is -2.25. The first-order valence-corrected chi connectivity index (χ1v) is 7.20. The lowest BCUT2D eigenvalue weighted by molar-refractivity contribution is 0.0590. The summed E-state index contributed by atoms with van der Waals surface area (Å²) in [5.41, 5.74) is 1.14. The van der Waals surface area contributed by atoms with Gasteiger partial charge in [-0.25, -0.2) is 14.2 Å². The Kier molecular flexibility index (Phi) is 4.33. The number of halogens is 1. The van der Waals surface area contributed by atoms with Gasteiger partial charge in [-0.15, -0.1) is 0 Å². The fraction of sp³-hybridized carbons (Fsp3) is 0.200. The molecule has 0 saturated heterocycles. The maximum Gasteiger partial charge on any atom is 0.357 e. The number of aryl methyl sites for hydroxylation is 1. The van der Waals surface area contributed by atoms with Gasteiger partial charge < -0.3 is 10.1 Å². The standard InChI is InChI=1S/C15H13FN6O3/c1-8-5-9(3-4-10(8)16)7-17-13(23)11-6-12(14(24)25-2)22-15(18-11)19-20-21-22/h3-6H,7H2,1-2H3,(H,17,23). The number of hydrogen-bond donors (Lipinski definition) is 1. The van der Waals surface area contributed by atoms with Gasteiger partial charge in [0, 0.05) is 12.6 Å². The molecule has 0 bridgehead atoms. The Labute approximate surface area is 140 Å². The molecule has 1 N–H and O–H groups in total. The molecule has 0 radical (unpaired) electrons. The van der Waals surface area contributed by atoms with Crippen molar-refractivity contribution in [3.63, 3.8) is 0 Å². The van der Waals surface area contributed by atoms with Crippen LogP contribution in [0.2, 0.25) is 0 Å². The largest absolute Gasteiger partial charge is 0.464 e. The van der Waals surface area contributed by atoms with E-state index in [1.54, 1.807) is 19.1 Å². The maximum absolute atomic E-state index is 13.3. The summed E-state index contributed by atoms with van der Waals surface area (Å²) in [5.74, 6) is -1.56. The molecule has 2 aromatic heterocycles. The smallest absolute Gasteiger partial charge is 0.357 e. The van der Waals surface area contributed by atoms with Crippen molar-refractivity contribution in [3.05, 3.63) is 52.6 Å². The van der Waals surface area contributed by atoms with Gasteiger partial charge in [0.2, 0.25) is 0 Å². The molecule has 1 amide bonds. The molecule has 9 nitrogen and oxygen atoms in total. The zero-order valence-electron chi connectivity index (χ0n) is 13.4. The number of nitrogens with one attached hydrogen (secondary N) is 1. The zero-order chi connectivity index (χ0) is 18.0. The Morgan fingerprint density at radius 1 is 1.32 bits per heavy atom. The Morgan fingerprint density at radius 3 is 2.84 bits per heavy atom. The average molecular weight is 344 g/mol. The third-order valence-corrected chi connectivity index (χ3v) is 3.48. The Balaban J connectivity index is 1.84. The molecule has 0 saturated carbocycles. The van der Waals surface area contributed by atoms with Crippen LogP contribution in [-0.4, -0.2) is 44.0 Å². The van der Waals surface area contributed by atoms with Gasteiger partial charge in [-0.2, -0.15) is 4.52 Å². The predicted octanol–water partition coefficient (Wildman–Crippen LogP) is 0.683. The molecule has 0 unspecified atom stereocenters. The molecule has 1 aromatic carbocycles. The highest BCUT2D eigenvalue weighted by atomic mass is 19.1. The summed E-state index contributed by atoms with van der Waals surface area (Å²) in [6.45, 7) is 1.81. The highest BCUT2D eigenvalue weighted by molar-refractivity contribution is 5.96. The predicted molar refractivity (Wildman–Crippen MR) is 82.2 cm³/mol. The first kappa shape index (κ1) is 16.4. The molecule has 3 aromatic rings. The number of tetrazole rings is 1. The van der Waals surface area contributed by atoms with Crippen LogP contribution in [0.1, 0.15) is 32.1 Å². The van der Waals surface area contributed by atoms with E-state index < -0.39 is 11.9 Å². The van der Waals surface area contributed by atoms with Crippen LogP contribution in [0.3, 0.4) is 0 Å². The molecule has 3 rings (SSSR count). The summed E-state index contributed by atoms with van der Waals surface area (Å²) in [6.07, 6.45) is 0. The van der Waals surface area contributed by atoms with Crippen LogP contribution in [0.25, 0.3) is 5.78 Å². The average Bonchev–Trinajstić information content (AvgIpc) is 3.09. The summed E-state index contributed by atoms with van der Waals surface area (Å²) in [6, 6.07) is 5.77. The zero-order valence-corrected chi connectivity index (χ0v) is 13.4. The molecular weight excluding hydrogens is 331 g/mol. The highest BCUT2D eigenvalue weighted by Gasteiger charge is 2.19. The second-order valence-corrected chi connectivity index (χ2v) is 5.18. The number of aromatic nitrogens is 5. The number of nitrogens with zero attached hydrogens (tertiary/aromatic N) is 5. The lowest BCUT2D eigenvalue weighted by Gasteiger charge is -2.07. The fourth-order valence-corrected chi connectivity index (χ4v) is 2.19. The number of methoxy groups -OCH3 is 1. The summed E-state index contributed by atoms with van der Waals surface area (Å²) >= 11 is 0. The minimum Gasteiger partial charge on any atom is -0.464 e. The summed E-state index contributed by atoms with van der Waals surface area (Å²) in [5, 5.41) is 13.3. The van der Waals surface area contributed by atoms with Crippen molar-refractivity contribution in [2.24, 2.45) is 0 Å². The van der Waals surface area contributed by atoms with E-state index in [0.717, 1.165) is 10.1 Å². The van der Waals surface area contributed by atoms with Crippen molar-refractivity contribution in [1.82, 2.24) is 30.3 Å². The number of benzene rings is 1. The van der Waals surface area contributed by atoms with E-state index in [-0.39, 0.29) is 29.5 Å². The molecule has 0 atom stereocenters. The number of carbonyl (C=O) groups excluding carboxylic acids is 2. The number of rotatable bonds is 4. The van der Waals surface area contributed by atoms with Crippen LogP contribution in [0.15, 0.2) is 24.3 Å². The van der Waals surface area contributed by atoms with Crippen LogP contribution < -0.4 is 5.32 Å². The van der Waals surface area contributed by atoms with E-state index in [1.807, 2.05) is 0 Å². The van der Waals surface area contributed by atoms with E-state index in [9.17, 15) is 14.0 Å². The minimum atomic E-state index is -0.706.